The molecule has 1 aliphatic carbocycles. The predicted molar refractivity (Wildman–Crippen MR) is 269 cm³/mol. The van der Waals surface area contributed by atoms with Crippen molar-refractivity contribution >= 4 is 68.2 Å². The van der Waals surface area contributed by atoms with Gasteiger partial charge in [-0.1, -0.05) is 18.7 Å². The molecular weight excluding hydrogens is 963 g/mol. The van der Waals surface area contributed by atoms with Crippen molar-refractivity contribution in [2.45, 2.75) is 58.0 Å². The van der Waals surface area contributed by atoms with E-state index >= 15 is 0 Å². The molecule has 4 aromatic heterocycles. The van der Waals surface area contributed by atoms with E-state index < -0.39 is 11.6 Å². The number of carbonyl (C=O) groups excluding carboxylic acids is 2. The lowest BCUT2D eigenvalue weighted by atomic mass is 9.94. The first-order valence-electron chi connectivity index (χ1n) is 23.3. The number of imidazole rings is 1. The summed E-state index contributed by atoms with van der Waals surface area (Å²) in [6, 6.07) is 14.1. The Morgan fingerprint density at radius 3 is 2.66 bits per heavy atom. The molecule has 2 aliphatic heterocycles. The van der Waals surface area contributed by atoms with Gasteiger partial charge in [-0.2, -0.15) is 19.6 Å². The van der Waals surface area contributed by atoms with Crippen molar-refractivity contribution in [3.8, 4) is 17.0 Å². The zero-order valence-electron chi connectivity index (χ0n) is 39.5. The fourth-order valence-corrected chi connectivity index (χ4v) is 9.53. The summed E-state index contributed by atoms with van der Waals surface area (Å²) < 4.78 is 36.1. The number of hydrogen-bond acceptors (Lipinski definition) is 14. The summed E-state index contributed by atoms with van der Waals surface area (Å²) in [5.41, 5.74) is 13.4. The average molecular weight is 1020 g/mol. The molecule has 2 unspecified atom stereocenters. The van der Waals surface area contributed by atoms with E-state index in [-0.39, 0.29) is 49.3 Å². The van der Waals surface area contributed by atoms with Crippen LogP contribution in [-0.2, 0) is 11.3 Å². The fourth-order valence-electron chi connectivity index (χ4n) is 9.18. The third kappa shape index (κ3) is 10.3. The van der Waals surface area contributed by atoms with E-state index in [1.165, 1.54) is 29.4 Å². The molecule has 3 aromatic carbocycles. The van der Waals surface area contributed by atoms with Crippen molar-refractivity contribution in [2.75, 3.05) is 74.3 Å². The Morgan fingerprint density at radius 2 is 1.90 bits per heavy atom. The van der Waals surface area contributed by atoms with Gasteiger partial charge in [-0.3, -0.25) is 9.59 Å². The number of nitrogens with one attached hydrogen (secondary N) is 3. The molecular formula is C50H55BrF2N14O3. The number of rotatable bonds is 15. The molecule has 0 spiro atoms. The normalized spacial score (nSPS) is 16.4. The van der Waals surface area contributed by atoms with Crippen LogP contribution in [0.4, 0.5) is 32.2 Å². The number of H-pyrrole nitrogens is 1. The van der Waals surface area contributed by atoms with E-state index in [1.807, 2.05) is 36.9 Å². The van der Waals surface area contributed by atoms with Crippen LogP contribution in [0.5, 0.6) is 5.75 Å². The Balaban J connectivity index is 0.000000440. The number of aromatic amines is 1. The van der Waals surface area contributed by atoms with E-state index in [9.17, 15) is 18.4 Å². The summed E-state index contributed by atoms with van der Waals surface area (Å²) in [5, 5.41) is 11.3. The number of nitrogens with zero attached hydrogens (tertiary/aromatic N) is 10. The molecule has 1 amide bonds. The van der Waals surface area contributed by atoms with Crippen LogP contribution in [0.3, 0.4) is 0 Å². The number of aromatic nitrogens is 8. The highest BCUT2D eigenvalue weighted by Gasteiger charge is 2.36. The largest absolute Gasteiger partial charge is 0.486 e. The van der Waals surface area contributed by atoms with E-state index in [0.717, 1.165) is 77.5 Å². The number of piperidine rings is 1. The molecule has 364 valence electrons. The van der Waals surface area contributed by atoms with Gasteiger partial charge >= 0.3 is 0 Å². The highest BCUT2D eigenvalue weighted by Crippen LogP contribution is 2.40. The predicted octanol–water partition coefficient (Wildman–Crippen LogP) is 7.40. The second-order valence-electron chi connectivity index (χ2n) is 18.1. The molecule has 20 heteroatoms. The number of nitrogen functional groups attached to an aromatic ring is 1. The van der Waals surface area contributed by atoms with Gasteiger partial charge in [-0.05, 0) is 127 Å². The Hall–Kier alpha value is -7.06. The number of anilines is 4. The van der Waals surface area contributed by atoms with E-state index in [4.69, 9.17) is 25.4 Å². The fraction of sp³-hybridized carbons (Fsp3) is 0.360. The van der Waals surface area contributed by atoms with Crippen LogP contribution in [0.25, 0.3) is 27.9 Å². The monoisotopic (exact) mass is 1020 g/mol. The van der Waals surface area contributed by atoms with Crippen molar-refractivity contribution in [1.82, 2.24) is 49.7 Å². The van der Waals surface area contributed by atoms with Crippen LogP contribution in [0.1, 0.15) is 64.5 Å². The summed E-state index contributed by atoms with van der Waals surface area (Å²) in [6.45, 7) is 11.4. The first-order chi connectivity index (χ1) is 33.8. The van der Waals surface area contributed by atoms with Gasteiger partial charge in [-0.25, -0.2) is 23.7 Å². The summed E-state index contributed by atoms with van der Waals surface area (Å²) in [5.74, 6) is 2.00. The first-order valence-corrected chi connectivity index (χ1v) is 24.1. The number of nitrogens with two attached hydrogens (primary N) is 1. The second kappa shape index (κ2) is 20.5. The third-order valence-electron chi connectivity index (χ3n) is 13.1. The number of fused-ring (bicyclic) bond motifs is 3. The van der Waals surface area contributed by atoms with Crippen molar-refractivity contribution in [1.29, 1.82) is 0 Å². The minimum absolute atomic E-state index is 0.0549. The molecule has 5 N–H and O–H groups in total. The van der Waals surface area contributed by atoms with Crippen molar-refractivity contribution in [3.63, 3.8) is 0 Å². The molecule has 70 heavy (non-hydrogen) atoms. The van der Waals surface area contributed by atoms with Gasteiger partial charge in [0, 0.05) is 50.1 Å². The molecule has 2 saturated heterocycles. The summed E-state index contributed by atoms with van der Waals surface area (Å²) in [4.78, 5) is 56.9. The van der Waals surface area contributed by atoms with Crippen LogP contribution in [-0.4, -0.2) is 116 Å². The van der Waals surface area contributed by atoms with Gasteiger partial charge < -0.3 is 40.8 Å². The number of hydrogen-bond donors (Lipinski definition) is 4. The molecule has 0 bridgehead atoms. The Bertz CT molecular complexity index is 3090. The molecule has 2 atom stereocenters. The van der Waals surface area contributed by atoms with Gasteiger partial charge in [0.15, 0.2) is 23.5 Å². The number of halogens is 3. The quantitative estimate of drug-likeness (QED) is 0.0585. The lowest BCUT2D eigenvalue weighted by molar-refractivity contribution is -0.126. The van der Waals surface area contributed by atoms with Crippen LogP contribution in [0.15, 0.2) is 77.7 Å². The number of amides is 1. The first kappa shape index (κ1) is 48.0. The van der Waals surface area contributed by atoms with Gasteiger partial charge in [0.25, 0.3) is 5.91 Å². The molecule has 6 heterocycles. The molecule has 3 aliphatic rings. The number of benzene rings is 3. The minimum atomic E-state index is -0.438. The van der Waals surface area contributed by atoms with E-state index in [1.54, 1.807) is 30.9 Å². The number of aryl methyl sites for hydroxylation is 1. The van der Waals surface area contributed by atoms with Crippen LogP contribution in [0.2, 0.25) is 0 Å². The summed E-state index contributed by atoms with van der Waals surface area (Å²) >= 11 is 3.65. The molecule has 7 aromatic rings. The smallest absolute Gasteiger partial charge is 0.250 e. The summed E-state index contributed by atoms with van der Waals surface area (Å²) in [7, 11) is 3.40. The van der Waals surface area contributed by atoms with Gasteiger partial charge in [0.05, 0.1) is 46.9 Å². The van der Waals surface area contributed by atoms with Gasteiger partial charge in [0.1, 0.15) is 36.1 Å². The highest BCUT2D eigenvalue weighted by molar-refractivity contribution is 9.10. The van der Waals surface area contributed by atoms with Crippen LogP contribution in [0, 0.1) is 31.4 Å². The van der Waals surface area contributed by atoms with E-state index in [0.29, 0.717) is 70.0 Å². The maximum atomic E-state index is 14.6. The summed E-state index contributed by atoms with van der Waals surface area (Å²) in [6.07, 6.45) is 8.17. The number of carbonyl (C=O) groups is 2. The maximum Gasteiger partial charge on any atom is 0.250 e. The van der Waals surface area contributed by atoms with E-state index in [2.05, 4.69) is 64.2 Å². The minimum Gasteiger partial charge on any atom is -0.486 e. The third-order valence-corrected chi connectivity index (χ3v) is 13.7. The highest BCUT2D eigenvalue weighted by atomic mass is 79.9. The molecule has 1 saturated carbocycles. The Morgan fingerprint density at radius 1 is 1.07 bits per heavy atom. The van der Waals surface area contributed by atoms with Gasteiger partial charge in [0.2, 0.25) is 11.9 Å². The SMILES string of the molecule is C=C(CN(Cc1nc2ccc(C)cc2[nH]1)c1nc(N2CC3CCCNC3C2)nc2c(Br)cnn12)C(=O)N(C)CCOc1c(N)ncnc1-c1cc(F)cc(NC)c1C.O=Cc1ccc(C2CC2)cc1F. The van der Waals surface area contributed by atoms with Gasteiger partial charge in [-0.15, -0.1) is 0 Å². The zero-order chi connectivity index (χ0) is 49.2. The number of aldehydes is 1. The molecule has 0 radical (unpaired) electrons. The van der Waals surface area contributed by atoms with Crippen molar-refractivity contribution in [2.24, 2.45) is 5.92 Å². The lowest BCUT2D eigenvalue weighted by Gasteiger charge is -2.27. The standard InChI is InChI=1S/C40H46BrFN14O2.C10H9FO/c1-22-8-9-29-31(13-22)50-33(49-29)20-55(40-52-39(51-37-28(41)16-48-56(37)40)54-18-25-7-6-10-45-32(25)19-54)17-23(2)38(57)53(5)11-12-58-35-34(46-21-47-36(35)43)27-14-26(42)15-30(44-4)24(27)3;11-10-5-8(7-1-2-7)3-4-9(10)6-12/h8-9,13-16,21,25,32,44-45H,2,6-7,10-12,17-20H2,1,3-5H3,(H,49,50)(H2,43,46,47);3-7H,1-2H2. The topological polar surface area (TPSA) is 201 Å². The lowest BCUT2D eigenvalue weighted by Crippen LogP contribution is -2.40. The Labute approximate surface area is 412 Å². The molecule has 3 fully saturated rings. The molecule has 10 rings (SSSR count). The number of likely N-dealkylation sites (N-methyl/N-ethyl adjacent to an activating group) is 1. The van der Waals surface area contributed by atoms with Crippen molar-refractivity contribution < 1.29 is 23.1 Å². The van der Waals surface area contributed by atoms with Crippen LogP contribution >= 0.6 is 15.9 Å². The molecule has 17 nitrogen and oxygen atoms in total. The number of ether oxygens (including phenoxy) is 1. The average Bonchev–Trinajstić information content (AvgIpc) is 3.82. The maximum absolute atomic E-state index is 14.6. The zero-order valence-corrected chi connectivity index (χ0v) is 41.1. The second-order valence-corrected chi connectivity index (χ2v) is 19.0. The Kier molecular flexibility index (Phi) is 14.0. The van der Waals surface area contributed by atoms with Crippen molar-refractivity contribution in [3.05, 3.63) is 117 Å². The van der Waals surface area contributed by atoms with Crippen LogP contribution < -0.4 is 30.9 Å².